The number of halogens is 1. The molecule has 22 heavy (non-hydrogen) atoms. The van der Waals surface area contributed by atoms with Crippen LogP contribution in [0.15, 0.2) is 24.3 Å². The molecule has 0 spiro atoms. The molecule has 6 heteroatoms. The van der Waals surface area contributed by atoms with E-state index in [1.807, 2.05) is 0 Å². The van der Waals surface area contributed by atoms with Gasteiger partial charge < -0.3 is 20.1 Å². The van der Waals surface area contributed by atoms with Crippen molar-refractivity contribution in [2.45, 2.75) is 25.4 Å². The Bertz CT molecular complexity index is 481. The van der Waals surface area contributed by atoms with Crippen molar-refractivity contribution in [1.29, 1.82) is 0 Å². The third-order valence-electron chi connectivity index (χ3n) is 3.93. The highest BCUT2D eigenvalue weighted by Gasteiger charge is 2.27. The molecule has 0 aliphatic heterocycles. The van der Waals surface area contributed by atoms with Gasteiger partial charge in [-0.25, -0.2) is 4.79 Å². The van der Waals surface area contributed by atoms with E-state index in [4.69, 9.17) is 16.3 Å². The Hall–Kier alpha value is -1.46. The molecule has 2 N–H and O–H groups in total. The SMILES string of the molecule is CN(CC1CCCC1O)C(=O)NCCOc1ccc(Cl)cc1. The van der Waals surface area contributed by atoms with Crippen LogP contribution in [-0.4, -0.2) is 48.9 Å². The van der Waals surface area contributed by atoms with Crippen molar-refractivity contribution in [1.82, 2.24) is 10.2 Å². The van der Waals surface area contributed by atoms with E-state index >= 15 is 0 Å². The third kappa shape index (κ3) is 5.07. The van der Waals surface area contributed by atoms with Crippen molar-refractivity contribution < 1.29 is 14.6 Å². The Balaban J connectivity index is 1.63. The van der Waals surface area contributed by atoms with Gasteiger partial charge in [0.05, 0.1) is 12.6 Å². The van der Waals surface area contributed by atoms with E-state index in [9.17, 15) is 9.90 Å². The largest absolute Gasteiger partial charge is 0.492 e. The maximum Gasteiger partial charge on any atom is 0.317 e. The fourth-order valence-corrected chi connectivity index (χ4v) is 2.78. The second-order valence-corrected chi connectivity index (χ2v) is 6.11. The molecule has 0 heterocycles. The standard InChI is InChI=1S/C16H23ClN2O3/c1-19(11-12-3-2-4-15(12)20)16(21)18-9-10-22-14-7-5-13(17)6-8-14/h5-8,12,15,20H,2-4,9-11H2,1H3,(H,18,21). The number of benzene rings is 1. The highest BCUT2D eigenvalue weighted by atomic mass is 35.5. The average molecular weight is 327 g/mol. The van der Waals surface area contributed by atoms with Gasteiger partial charge in [-0.2, -0.15) is 0 Å². The summed E-state index contributed by atoms with van der Waals surface area (Å²) in [6.07, 6.45) is 2.59. The predicted molar refractivity (Wildman–Crippen MR) is 86.3 cm³/mol. The van der Waals surface area contributed by atoms with Gasteiger partial charge in [0.2, 0.25) is 0 Å². The summed E-state index contributed by atoms with van der Waals surface area (Å²) in [7, 11) is 1.75. The Labute approximate surface area is 136 Å². The number of nitrogens with zero attached hydrogens (tertiary/aromatic N) is 1. The topological polar surface area (TPSA) is 61.8 Å². The van der Waals surface area contributed by atoms with E-state index < -0.39 is 0 Å². The van der Waals surface area contributed by atoms with E-state index in [-0.39, 0.29) is 18.1 Å². The molecule has 5 nitrogen and oxygen atoms in total. The summed E-state index contributed by atoms with van der Waals surface area (Å²) < 4.78 is 5.51. The van der Waals surface area contributed by atoms with Crippen LogP contribution in [0.1, 0.15) is 19.3 Å². The molecular formula is C16H23ClN2O3. The smallest absolute Gasteiger partial charge is 0.317 e. The van der Waals surface area contributed by atoms with Crippen LogP contribution in [-0.2, 0) is 0 Å². The van der Waals surface area contributed by atoms with Crippen molar-refractivity contribution in [2.75, 3.05) is 26.7 Å². The highest BCUT2D eigenvalue weighted by molar-refractivity contribution is 6.30. The molecule has 1 fully saturated rings. The van der Waals surface area contributed by atoms with Gasteiger partial charge in [0.25, 0.3) is 0 Å². The van der Waals surface area contributed by atoms with Gasteiger partial charge in [-0.3, -0.25) is 0 Å². The molecule has 122 valence electrons. The molecule has 1 aromatic carbocycles. The minimum atomic E-state index is -0.275. The minimum Gasteiger partial charge on any atom is -0.492 e. The number of urea groups is 1. The van der Waals surface area contributed by atoms with Gasteiger partial charge in [0, 0.05) is 24.5 Å². The molecule has 0 aromatic heterocycles. The molecule has 0 saturated heterocycles. The zero-order chi connectivity index (χ0) is 15.9. The lowest BCUT2D eigenvalue weighted by Gasteiger charge is -2.23. The first-order valence-corrected chi connectivity index (χ1v) is 7.99. The van der Waals surface area contributed by atoms with E-state index in [2.05, 4.69) is 5.32 Å². The molecule has 0 radical (unpaired) electrons. The maximum absolute atomic E-state index is 12.0. The average Bonchev–Trinajstić information content (AvgIpc) is 2.90. The normalized spacial score (nSPS) is 20.7. The van der Waals surface area contributed by atoms with Crippen LogP contribution in [0.2, 0.25) is 5.02 Å². The van der Waals surface area contributed by atoms with Gasteiger partial charge >= 0.3 is 6.03 Å². The fraction of sp³-hybridized carbons (Fsp3) is 0.562. The number of aliphatic hydroxyl groups excluding tert-OH is 1. The van der Waals surface area contributed by atoms with Crippen LogP contribution in [0, 0.1) is 5.92 Å². The summed E-state index contributed by atoms with van der Waals surface area (Å²) in [4.78, 5) is 13.6. The van der Waals surface area contributed by atoms with Crippen molar-refractivity contribution in [3.05, 3.63) is 29.3 Å². The number of carbonyl (C=O) groups excluding carboxylic acids is 1. The van der Waals surface area contributed by atoms with Crippen molar-refractivity contribution in [3.63, 3.8) is 0 Å². The molecule has 2 amide bonds. The molecule has 1 aromatic rings. The molecule has 2 atom stereocenters. The molecule has 1 saturated carbocycles. The Morgan fingerprint density at radius 3 is 2.77 bits per heavy atom. The molecule has 2 rings (SSSR count). The minimum absolute atomic E-state index is 0.140. The summed E-state index contributed by atoms with van der Waals surface area (Å²) in [6, 6.07) is 6.96. The number of hydrogen-bond acceptors (Lipinski definition) is 3. The van der Waals surface area contributed by atoms with E-state index in [0.29, 0.717) is 24.7 Å². The second kappa shape index (κ2) is 8.25. The van der Waals surface area contributed by atoms with Crippen LogP contribution >= 0.6 is 11.6 Å². The number of carbonyl (C=O) groups is 1. The maximum atomic E-state index is 12.0. The summed E-state index contributed by atoms with van der Waals surface area (Å²) in [5, 5.41) is 13.3. The Morgan fingerprint density at radius 2 is 2.14 bits per heavy atom. The van der Waals surface area contributed by atoms with E-state index in [1.54, 1.807) is 36.2 Å². The van der Waals surface area contributed by atoms with Gasteiger partial charge in [-0.1, -0.05) is 18.0 Å². The molecule has 0 bridgehead atoms. The lowest BCUT2D eigenvalue weighted by molar-refractivity contribution is 0.113. The zero-order valence-electron chi connectivity index (χ0n) is 12.8. The molecular weight excluding hydrogens is 304 g/mol. The number of rotatable bonds is 6. The summed E-state index contributed by atoms with van der Waals surface area (Å²) in [5.41, 5.74) is 0. The van der Waals surface area contributed by atoms with Gasteiger partial charge in [-0.15, -0.1) is 0 Å². The molecule has 1 aliphatic carbocycles. The van der Waals surface area contributed by atoms with Crippen LogP contribution in [0.3, 0.4) is 0 Å². The number of aliphatic hydroxyl groups is 1. The van der Waals surface area contributed by atoms with Gasteiger partial charge in [0.1, 0.15) is 12.4 Å². The second-order valence-electron chi connectivity index (χ2n) is 5.67. The van der Waals surface area contributed by atoms with Gasteiger partial charge in [0.15, 0.2) is 0 Å². The first-order chi connectivity index (χ1) is 10.6. The number of hydrogen-bond donors (Lipinski definition) is 2. The predicted octanol–water partition coefficient (Wildman–Crippen LogP) is 2.52. The lowest BCUT2D eigenvalue weighted by Crippen LogP contribution is -2.42. The monoisotopic (exact) mass is 326 g/mol. The quantitative estimate of drug-likeness (QED) is 0.790. The zero-order valence-corrected chi connectivity index (χ0v) is 13.6. The van der Waals surface area contributed by atoms with Crippen LogP contribution in [0.25, 0.3) is 0 Å². The van der Waals surface area contributed by atoms with Crippen molar-refractivity contribution in [2.24, 2.45) is 5.92 Å². The summed E-state index contributed by atoms with van der Waals surface area (Å²) in [5.74, 6) is 0.919. The van der Waals surface area contributed by atoms with Crippen LogP contribution in [0.4, 0.5) is 4.79 Å². The Morgan fingerprint density at radius 1 is 1.41 bits per heavy atom. The Kier molecular flexibility index (Phi) is 6.34. The van der Waals surface area contributed by atoms with Crippen molar-refractivity contribution in [3.8, 4) is 5.75 Å². The molecule has 2 unspecified atom stereocenters. The van der Waals surface area contributed by atoms with Crippen LogP contribution < -0.4 is 10.1 Å². The number of nitrogens with one attached hydrogen (secondary N) is 1. The van der Waals surface area contributed by atoms with Gasteiger partial charge in [-0.05, 0) is 37.1 Å². The highest BCUT2D eigenvalue weighted by Crippen LogP contribution is 2.25. The van der Waals surface area contributed by atoms with E-state index in [0.717, 1.165) is 25.0 Å². The summed E-state index contributed by atoms with van der Waals surface area (Å²) in [6.45, 7) is 1.41. The summed E-state index contributed by atoms with van der Waals surface area (Å²) >= 11 is 5.79. The van der Waals surface area contributed by atoms with Crippen molar-refractivity contribution >= 4 is 17.6 Å². The lowest BCUT2D eigenvalue weighted by atomic mass is 10.1. The number of ether oxygens (including phenoxy) is 1. The third-order valence-corrected chi connectivity index (χ3v) is 4.19. The first kappa shape index (κ1) is 16.9. The first-order valence-electron chi connectivity index (χ1n) is 7.61. The molecule has 1 aliphatic rings. The number of amides is 2. The van der Waals surface area contributed by atoms with Crippen LogP contribution in [0.5, 0.6) is 5.75 Å². The fourth-order valence-electron chi connectivity index (χ4n) is 2.66. The van der Waals surface area contributed by atoms with E-state index in [1.165, 1.54) is 0 Å².